The number of fused-ring (bicyclic) bond motifs is 3. The lowest BCUT2D eigenvalue weighted by Crippen LogP contribution is -2.57. The van der Waals surface area contributed by atoms with E-state index in [1.807, 2.05) is 12.3 Å². The highest BCUT2D eigenvalue weighted by Gasteiger charge is 2.35. The van der Waals surface area contributed by atoms with Crippen LogP contribution < -0.4 is 5.32 Å². The van der Waals surface area contributed by atoms with E-state index in [2.05, 4.69) is 10.2 Å². The Bertz CT molecular complexity index is 483. The van der Waals surface area contributed by atoms with E-state index >= 15 is 0 Å². The van der Waals surface area contributed by atoms with Gasteiger partial charge in [0.1, 0.15) is 4.34 Å². The minimum atomic E-state index is 0.0333. The summed E-state index contributed by atoms with van der Waals surface area (Å²) in [6.45, 7) is 3.39. The lowest BCUT2D eigenvalue weighted by molar-refractivity contribution is 0.0622. The first-order valence-corrected chi connectivity index (χ1v) is 8.96. The van der Waals surface area contributed by atoms with Gasteiger partial charge in [0.15, 0.2) is 0 Å². The fraction of sp³-hybridized carbons (Fsp3) is 0.615. The molecule has 1 atom stereocenters. The second-order valence-electron chi connectivity index (χ2n) is 5.17. The van der Waals surface area contributed by atoms with Gasteiger partial charge in [0.2, 0.25) is 0 Å². The summed E-state index contributed by atoms with van der Waals surface area (Å²) >= 11 is 9.06. The summed E-state index contributed by atoms with van der Waals surface area (Å²) in [6, 6.07) is 2.21. The largest absolute Gasteiger partial charge is 0.347 e. The van der Waals surface area contributed by atoms with E-state index < -0.39 is 0 Å². The van der Waals surface area contributed by atoms with Gasteiger partial charge in [0.25, 0.3) is 5.91 Å². The number of hydrogen-bond acceptors (Lipinski definition) is 4. The monoisotopic (exact) mass is 316 g/mol. The van der Waals surface area contributed by atoms with Crippen LogP contribution in [0.3, 0.4) is 0 Å². The first-order valence-electron chi connectivity index (χ1n) is 6.54. The van der Waals surface area contributed by atoms with Crippen LogP contribution in [0, 0.1) is 5.92 Å². The van der Waals surface area contributed by atoms with Gasteiger partial charge in [-0.05, 0) is 44.2 Å². The Labute approximate surface area is 126 Å². The molecule has 2 bridgehead atoms. The van der Waals surface area contributed by atoms with Crippen molar-refractivity contribution in [1.29, 1.82) is 0 Å². The SMILES string of the molecule is CSc1cc(C(=O)NC2CN3CCC2CC3)sc1Cl. The lowest BCUT2D eigenvalue weighted by atomic mass is 9.84. The number of amides is 1. The molecule has 0 spiro atoms. The van der Waals surface area contributed by atoms with Crippen LogP contribution in [-0.4, -0.2) is 42.7 Å². The number of thioether (sulfide) groups is 1. The average Bonchev–Trinajstić information content (AvgIpc) is 2.81. The Morgan fingerprint density at radius 3 is 2.79 bits per heavy atom. The number of carbonyl (C=O) groups excluding carboxylic acids is 1. The third-order valence-electron chi connectivity index (χ3n) is 4.07. The third kappa shape index (κ3) is 2.79. The molecular weight excluding hydrogens is 300 g/mol. The van der Waals surface area contributed by atoms with Crippen LogP contribution in [0.5, 0.6) is 0 Å². The van der Waals surface area contributed by atoms with E-state index in [-0.39, 0.29) is 5.91 Å². The van der Waals surface area contributed by atoms with E-state index in [4.69, 9.17) is 11.6 Å². The molecule has 3 aliphatic rings. The molecule has 6 heteroatoms. The topological polar surface area (TPSA) is 32.3 Å². The molecule has 1 N–H and O–H groups in total. The summed E-state index contributed by atoms with van der Waals surface area (Å²) in [5.41, 5.74) is 0. The zero-order chi connectivity index (χ0) is 13.4. The number of hydrogen-bond donors (Lipinski definition) is 1. The van der Waals surface area contributed by atoms with Crippen LogP contribution in [0.25, 0.3) is 0 Å². The summed E-state index contributed by atoms with van der Waals surface area (Å²) in [6.07, 6.45) is 4.40. The number of rotatable bonds is 3. The molecule has 3 nitrogen and oxygen atoms in total. The van der Waals surface area contributed by atoms with Crippen LogP contribution in [0.2, 0.25) is 4.34 Å². The molecule has 19 heavy (non-hydrogen) atoms. The molecule has 1 aromatic rings. The van der Waals surface area contributed by atoms with Crippen LogP contribution >= 0.6 is 34.7 Å². The van der Waals surface area contributed by atoms with Gasteiger partial charge >= 0.3 is 0 Å². The summed E-state index contributed by atoms with van der Waals surface area (Å²) < 4.78 is 0.714. The Hall–Kier alpha value is -0.230. The van der Waals surface area contributed by atoms with Gasteiger partial charge in [-0.15, -0.1) is 23.1 Å². The molecule has 4 rings (SSSR count). The Morgan fingerprint density at radius 2 is 2.26 bits per heavy atom. The Morgan fingerprint density at radius 1 is 1.53 bits per heavy atom. The predicted molar refractivity (Wildman–Crippen MR) is 81.5 cm³/mol. The maximum Gasteiger partial charge on any atom is 0.261 e. The molecule has 3 fully saturated rings. The molecule has 3 saturated heterocycles. The van der Waals surface area contributed by atoms with Crippen molar-refractivity contribution in [1.82, 2.24) is 10.2 Å². The first-order chi connectivity index (χ1) is 9.17. The predicted octanol–water partition coefficient (Wildman–Crippen LogP) is 2.95. The van der Waals surface area contributed by atoms with Gasteiger partial charge in [-0.2, -0.15) is 0 Å². The summed E-state index contributed by atoms with van der Waals surface area (Å²) in [5, 5.41) is 3.19. The van der Waals surface area contributed by atoms with Crippen molar-refractivity contribution in [3.8, 4) is 0 Å². The van der Waals surface area contributed by atoms with Gasteiger partial charge in [0, 0.05) is 17.5 Å². The number of thiophene rings is 1. The molecule has 0 saturated carbocycles. The number of halogens is 1. The molecule has 0 aliphatic carbocycles. The minimum absolute atomic E-state index is 0.0333. The van der Waals surface area contributed by atoms with E-state index in [9.17, 15) is 4.79 Å². The van der Waals surface area contributed by atoms with Gasteiger partial charge in [-0.1, -0.05) is 11.6 Å². The van der Waals surface area contributed by atoms with Crippen molar-refractivity contribution in [2.45, 2.75) is 23.8 Å². The van der Waals surface area contributed by atoms with Crippen molar-refractivity contribution in [2.24, 2.45) is 5.92 Å². The molecule has 1 aromatic heterocycles. The molecule has 1 amide bonds. The Balaban J connectivity index is 1.67. The van der Waals surface area contributed by atoms with Crippen molar-refractivity contribution < 1.29 is 4.79 Å². The van der Waals surface area contributed by atoms with E-state index in [0.29, 0.717) is 16.3 Å². The highest BCUT2D eigenvalue weighted by atomic mass is 35.5. The fourth-order valence-electron chi connectivity index (χ4n) is 2.97. The molecule has 1 unspecified atom stereocenters. The van der Waals surface area contributed by atoms with Crippen LogP contribution in [0.4, 0.5) is 0 Å². The van der Waals surface area contributed by atoms with Crippen molar-refractivity contribution in [3.05, 3.63) is 15.3 Å². The molecule has 3 aliphatic heterocycles. The molecule has 4 heterocycles. The zero-order valence-electron chi connectivity index (χ0n) is 10.8. The fourth-order valence-corrected chi connectivity index (χ4v) is 5.03. The number of piperidine rings is 3. The smallest absolute Gasteiger partial charge is 0.261 e. The maximum absolute atomic E-state index is 12.3. The van der Waals surface area contributed by atoms with Crippen LogP contribution in [0.1, 0.15) is 22.5 Å². The Kier molecular flexibility index (Phi) is 4.08. The normalized spacial score (nSPS) is 29.5. The molecule has 0 radical (unpaired) electrons. The molecule has 0 aromatic carbocycles. The lowest BCUT2D eigenvalue weighted by Gasteiger charge is -2.44. The highest BCUT2D eigenvalue weighted by Crippen LogP contribution is 2.34. The van der Waals surface area contributed by atoms with Crippen molar-refractivity contribution in [2.75, 3.05) is 25.9 Å². The van der Waals surface area contributed by atoms with Crippen molar-refractivity contribution in [3.63, 3.8) is 0 Å². The van der Waals surface area contributed by atoms with Crippen LogP contribution in [0.15, 0.2) is 11.0 Å². The van der Waals surface area contributed by atoms with Crippen LogP contribution in [-0.2, 0) is 0 Å². The zero-order valence-corrected chi connectivity index (χ0v) is 13.2. The van der Waals surface area contributed by atoms with Gasteiger partial charge in [0.05, 0.1) is 4.88 Å². The number of carbonyl (C=O) groups is 1. The van der Waals surface area contributed by atoms with Gasteiger partial charge in [-0.25, -0.2) is 0 Å². The quantitative estimate of drug-likeness (QED) is 0.870. The highest BCUT2D eigenvalue weighted by molar-refractivity contribution is 7.98. The average molecular weight is 317 g/mol. The van der Waals surface area contributed by atoms with E-state index in [1.165, 1.54) is 37.3 Å². The summed E-state index contributed by atoms with van der Waals surface area (Å²) in [5.74, 6) is 0.690. The second-order valence-corrected chi connectivity index (χ2v) is 7.67. The maximum atomic E-state index is 12.3. The number of nitrogens with one attached hydrogen (secondary N) is 1. The minimum Gasteiger partial charge on any atom is -0.347 e. The first kappa shape index (κ1) is 13.7. The summed E-state index contributed by atoms with van der Waals surface area (Å²) in [7, 11) is 0. The molecular formula is C13H17ClN2OS2. The summed E-state index contributed by atoms with van der Waals surface area (Å²) in [4.78, 5) is 16.4. The standard InChI is InChI=1S/C13H17ClN2OS2/c1-18-10-6-11(19-12(10)14)13(17)15-9-7-16-4-2-8(9)3-5-16/h6,8-9H,2-5,7H2,1H3,(H,15,17). The van der Waals surface area contributed by atoms with E-state index in [1.54, 1.807) is 11.8 Å². The third-order valence-corrected chi connectivity index (χ3v) is 6.43. The van der Waals surface area contributed by atoms with E-state index in [0.717, 1.165) is 16.3 Å². The second kappa shape index (κ2) is 5.64. The molecule has 104 valence electrons. The van der Waals surface area contributed by atoms with Crippen molar-refractivity contribution >= 4 is 40.6 Å². The number of nitrogens with zero attached hydrogens (tertiary/aromatic N) is 1. The van der Waals surface area contributed by atoms with Gasteiger partial charge in [-0.3, -0.25) is 4.79 Å². The van der Waals surface area contributed by atoms with Gasteiger partial charge < -0.3 is 10.2 Å².